The summed E-state index contributed by atoms with van der Waals surface area (Å²) in [6, 6.07) is 3.67. The number of nitrogens with one attached hydrogen (secondary N) is 2. The van der Waals surface area contributed by atoms with Crippen LogP contribution in [0.5, 0.6) is 17.2 Å². The number of amides is 1. The van der Waals surface area contributed by atoms with Crippen LogP contribution in [0, 0.1) is 5.41 Å². The standard InChI is InChI=1S/C20H31N3O4/c1-23-13-20(5-7-21-8-6-20)11-15(23)19(24)22-12-14-9-16(25-2)18(27-4)17(10-14)26-3/h9-10,15,21H,5-8,11-13H2,1-4H3,(H,22,24)/t15-/m1/s1. The maximum Gasteiger partial charge on any atom is 0.237 e. The summed E-state index contributed by atoms with van der Waals surface area (Å²) >= 11 is 0. The fourth-order valence-corrected chi connectivity index (χ4v) is 4.43. The maximum absolute atomic E-state index is 12.8. The molecular formula is C20H31N3O4. The molecule has 1 aromatic rings. The van der Waals surface area contributed by atoms with Gasteiger partial charge in [0.15, 0.2) is 11.5 Å². The molecule has 7 heteroatoms. The van der Waals surface area contributed by atoms with Crippen LogP contribution in [0.15, 0.2) is 12.1 Å². The number of hydrogen-bond acceptors (Lipinski definition) is 6. The van der Waals surface area contributed by atoms with E-state index in [1.54, 1.807) is 21.3 Å². The molecule has 150 valence electrons. The largest absolute Gasteiger partial charge is 0.493 e. The summed E-state index contributed by atoms with van der Waals surface area (Å²) in [6.45, 7) is 3.52. The van der Waals surface area contributed by atoms with Gasteiger partial charge in [0.25, 0.3) is 0 Å². The first kappa shape index (κ1) is 19.8. The number of benzene rings is 1. The predicted octanol–water partition coefficient (Wildman–Crippen LogP) is 1.40. The van der Waals surface area contributed by atoms with Crippen molar-refractivity contribution in [2.45, 2.75) is 31.8 Å². The Labute approximate surface area is 161 Å². The van der Waals surface area contributed by atoms with Crippen molar-refractivity contribution in [3.8, 4) is 17.2 Å². The predicted molar refractivity (Wildman–Crippen MR) is 104 cm³/mol. The molecular weight excluding hydrogens is 346 g/mol. The number of likely N-dealkylation sites (N-methyl/N-ethyl adjacent to an activating group) is 1. The molecule has 0 aromatic heterocycles. The lowest BCUT2D eigenvalue weighted by Gasteiger charge is -2.33. The van der Waals surface area contributed by atoms with E-state index in [4.69, 9.17) is 14.2 Å². The number of carbonyl (C=O) groups is 1. The van der Waals surface area contributed by atoms with E-state index >= 15 is 0 Å². The highest BCUT2D eigenvalue weighted by Gasteiger charge is 2.45. The lowest BCUT2D eigenvalue weighted by atomic mass is 9.77. The van der Waals surface area contributed by atoms with E-state index in [0.29, 0.717) is 23.8 Å². The zero-order valence-corrected chi connectivity index (χ0v) is 16.8. The highest BCUT2D eigenvalue weighted by Crippen LogP contribution is 2.41. The number of likely N-dealkylation sites (tertiary alicyclic amines) is 1. The molecule has 2 aliphatic rings. The van der Waals surface area contributed by atoms with E-state index in [9.17, 15) is 4.79 Å². The Morgan fingerprint density at radius 2 is 1.81 bits per heavy atom. The molecule has 0 aliphatic carbocycles. The van der Waals surface area contributed by atoms with Crippen LogP contribution >= 0.6 is 0 Å². The Morgan fingerprint density at radius 1 is 1.19 bits per heavy atom. The van der Waals surface area contributed by atoms with Crippen LogP contribution < -0.4 is 24.8 Å². The number of methoxy groups -OCH3 is 3. The van der Waals surface area contributed by atoms with E-state index in [2.05, 4.69) is 22.6 Å². The van der Waals surface area contributed by atoms with Crippen LogP contribution in [0.3, 0.4) is 0 Å². The number of piperidine rings is 1. The molecule has 1 spiro atoms. The van der Waals surface area contributed by atoms with Crippen molar-refractivity contribution in [3.05, 3.63) is 17.7 Å². The second kappa shape index (κ2) is 8.35. The van der Waals surface area contributed by atoms with Gasteiger partial charge in [-0.15, -0.1) is 0 Å². The van der Waals surface area contributed by atoms with Crippen molar-refractivity contribution in [2.24, 2.45) is 5.41 Å². The highest BCUT2D eigenvalue weighted by molar-refractivity contribution is 5.82. The van der Waals surface area contributed by atoms with E-state index in [1.807, 2.05) is 12.1 Å². The minimum atomic E-state index is -0.0647. The van der Waals surface area contributed by atoms with Gasteiger partial charge in [0.1, 0.15) is 0 Å². The Balaban J connectivity index is 1.65. The second-order valence-corrected chi connectivity index (χ2v) is 7.64. The Bertz CT molecular complexity index is 648. The molecule has 2 saturated heterocycles. The summed E-state index contributed by atoms with van der Waals surface area (Å²) in [6.07, 6.45) is 3.23. The Hall–Kier alpha value is -1.99. The van der Waals surface area contributed by atoms with Crippen molar-refractivity contribution >= 4 is 5.91 Å². The van der Waals surface area contributed by atoms with Gasteiger partial charge in [-0.2, -0.15) is 0 Å². The minimum absolute atomic E-state index is 0.0647. The van der Waals surface area contributed by atoms with Crippen molar-refractivity contribution in [2.75, 3.05) is 48.0 Å². The Kier molecular flexibility index (Phi) is 6.11. The first-order valence-electron chi connectivity index (χ1n) is 9.49. The van der Waals surface area contributed by atoms with Gasteiger partial charge in [-0.3, -0.25) is 9.69 Å². The summed E-state index contributed by atoms with van der Waals surface area (Å²) in [5.41, 5.74) is 1.20. The first-order valence-corrected chi connectivity index (χ1v) is 9.49. The van der Waals surface area contributed by atoms with Crippen molar-refractivity contribution < 1.29 is 19.0 Å². The Morgan fingerprint density at radius 3 is 2.37 bits per heavy atom. The van der Waals surface area contributed by atoms with Crippen LogP contribution in [-0.2, 0) is 11.3 Å². The number of ether oxygens (including phenoxy) is 3. The SMILES string of the molecule is COc1cc(CNC(=O)[C@H]2CC3(CCNCC3)CN2C)cc(OC)c1OC. The van der Waals surface area contributed by atoms with E-state index in [-0.39, 0.29) is 17.4 Å². The maximum atomic E-state index is 12.8. The lowest BCUT2D eigenvalue weighted by molar-refractivity contribution is -0.125. The molecule has 2 aliphatic heterocycles. The molecule has 0 radical (unpaired) electrons. The van der Waals surface area contributed by atoms with Gasteiger partial charge < -0.3 is 24.8 Å². The topological polar surface area (TPSA) is 72.1 Å². The fraction of sp³-hybridized carbons (Fsp3) is 0.650. The third kappa shape index (κ3) is 4.14. The van der Waals surface area contributed by atoms with Crippen LogP contribution in [0.4, 0.5) is 0 Å². The molecule has 2 N–H and O–H groups in total. The zero-order chi connectivity index (χ0) is 19.4. The number of carbonyl (C=O) groups excluding carboxylic acids is 1. The summed E-state index contributed by atoms with van der Waals surface area (Å²) in [5, 5.41) is 6.50. The molecule has 1 atom stereocenters. The fourth-order valence-electron chi connectivity index (χ4n) is 4.43. The highest BCUT2D eigenvalue weighted by atomic mass is 16.5. The average molecular weight is 377 g/mol. The molecule has 0 bridgehead atoms. The second-order valence-electron chi connectivity index (χ2n) is 7.64. The molecule has 0 saturated carbocycles. The number of rotatable bonds is 6. The summed E-state index contributed by atoms with van der Waals surface area (Å²) in [7, 11) is 6.81. The van der Waals surface area contributed by atoms with Gasteiger partial charge in [-0.25, -0.2) is 0 Å². The molecule has 1 amide bonds. The lowest BCUT2D eigenvalue weighted by Crippen LogP contribution is -2.41. The van der Waals surface area contributed by atoms with Gasteiger partial charge in [-0.1, -0.05) is 0 Å². The third-order valence-corrected chi connectivity index (χ3v) is 5.90. The molecule has 27 heavy (non-hydrogen) atoms. The molecule has 2 heterocycles. The van der Waals surface area contributed by atoms with E-state index < -0.39 is 0 Å². The minimum Gasteiger partial charge on any atom is -0.493 e. The van der Waals surface area contributed by atoms with E-state index in [0.717, 1.165) is 44.5 Å². The van der Waals surface area contributed by atoms with Gasteiger partial charge in [0.2, 0.25) is 11.7 Å². The summed E-state index contributed by atoms with van der Waals surface area (Å²) in [4.78, 5) is 15.0. The van der Waals surface area contributed by atoms with Crippen molar-refractivity contribution in [1.29, 1.82) is 0 Å². The molecule has 3 rings (SSSR count). The first-order chi connectivity index (χ1) is 13.0. The molecule has 2 fully saturated rings. The molecule has 1 aromatic carbocycles. The van der Waals surface area contributed by atoms with Crippen LogP contribution in [0.2, 0.25) is 0 Å². The van der Waals surface area contributed by atoms with Gasteiger partial charge in [-0.05, 0) is 62.5 Å². The van der Waals surface area contributed by atoms with Crippen molar-refractivity contribution in [3.63, 3.8) is 0 Å². The van der Waals surface area contributed by atoms with Gasteiger partial charge >= 0.3 is 0 Å². The molecule has 0 unspecified atom stereocenters. The average Bonchev–Trinajstić information content (AvgIpc) is 3.01. The van der Waals surface area contributed by atoms with Gasteiger partial charge in [0.05, 0.1) is 27.4 Å². The number of hydrogen-bond donors (Lipinski definition) is 2. The van der Waals surface area contributed by atoms with Crippen LogP contribution in [-0.4, -0.2) is 64.9 Å². The zero-order valence-electron chi connectivity index (χ0n) is 16.8. The smallest absolute Gasteiger partial charge is 0.237 e. The monoisotopic (exact) mass is 377 g/mol. The van der Waals surface area contributed by atoms with Gasteiger partial charge in [0, 0.05) is 13.1 Å². The molecule has 7 nitrogen and oxygen atoms in total. The quantitative estimate of drug-likeness (QED) is 0.781. The normalized spacial score (nSPS) is 21.9. The summed E-state index contributed by atoms with van der Waals surface area (Å²) < 4.78 is 16.1. The third-order valence-electron chi connectivity index (χ3n) is 5.90. The summed E-state index contributed by atoms with van der Waals surface area (Å²) in [5.74, 6) is 1.82. The van der Waals surface area contributed by atoms with Crippen LogP contribution in [0.1, 0.15) is 24.8 Å². The van der Waals surface area contributed by atoms with E-state index in [1.165, 1.54) is 0 Å². The number of nitrogens with zero attached hydrogens (tertiary/aromatic N) is 1. The van der Waals surface area contributed by atoms with Crippen LogP contribution in [0.25, 0.3) is 0 Å². The van der Waals surface area contributed by atoms with Crippen molar-refractivity contribution in [1.82, 2.24) is 15.5 Å².